The second-order valence-electron chi connectivity index (χ2n) is 6.06. The van der Waals surface area contributed by atoms with Crippen LogP contribution >= 0.6 is 0 Å². The fourth-order valence-corrected chi connectivity index (χ4v) is 2.07. The van der Waals surface area contributed by atoms with E-state index in [0.29, 0.717) is 6.42 Å². The van der Waals surface area contributed by atoms with Gasteiger partial charge in [-0.05, 0) is 13.3 Å². The van der Waals surface area contributed by atoms with Crippen molar-refractivity contribution in [2.45, 2.75) is 83.7 Å². The zero-order chi connectivity index (χ0) is 18.4. The highest BCUT2D eigenvalue weighted by atomic mass is 16.5. The average molecular weight is 339 g/mol. The minimum absolute atomic E-state index is 0.130. The number of amides is 1. The topological polar surface area (TPSA) is 92.7 Å². The number of nitrogens with one attached hydrogen (secondary N) is 1. The Bertz CT molecular complexity index is 387. The minimum atomic E-state index is -1.13. The second-order valence-corrected chi connectivity index (χ2v) is 6.06. The first-order valence-corrected chi connectivity index (χ1v) is 8.78. The molecule has 0 saturated heterocycles. The maximum Gasteiger partial charge on any atom is 0.324 e. The van der Waals surface area contributed by atoms with Crippen LogP contribution in [0.1, 0.15) is 71.6 Å². The summed E-state index contributed by atoms with van der Waals surface area (Å²) in [7, 11) is 5.35. The predicted octanol–water partition coefficient (Wildman–Crippen LogP) is 1.62. The van der Waals surface area contributed by atoms with Crippen LogP contribution in [0.4, 0.5) is 0 Å². The highest BCUT2D eigenvalue weighted by molar-refractivity contribution is 6.12. The number of aliphatic hydroxyl groups excluding tert-OH is 1. The Kier molecular flexibility index (Phi) is 13.2. The number of ether oxygens (including phenoxy) is 1. The Labute approximate surface area is 146 Å². The van der Waals surface area contributed by atoms with Crippen molar-refractivity contribution in [1.82, 2.24) is 5.32 Å². The van der Waals surface area contributed by atoms with Crippen molar-refractivity contribution in [2.24, 2.45) is 0 Å². The highest BCUT2D eigenvalue weighted by Crippen LogP contribution is 2.09. The first-order valence-electron chi connectivity index (χ1n) is 8.78. The Hall–Kier alpha value is -1.37. The number of carbonyl (C=O) groups is 3. The van der Waals surface area contributed by atoms with Crippen molar-refractivity contribution in [2.75, 3.05) is 6.54 Å². The third-order valence-electron chi connectivity index (χ3n) is 3.59. The van der Waals surface area contributed by atoms with Gasteiger partial charge in [0.25, 0.3) is 0 Å². The second kappa shape index (κ2) is 14.0. The Morgan fingerprint density at radius 2 is 1.67 bits per heavy atom. The molecule has 0 aliphatic heterocycles. The van der Waals surface area contributed by atoms with Gasteiger partial charge < -0.3 is 15.2 Å². The number of rotatable bonds is 14. The van der Waals surface area contributed by atoms with E-state index in [1.165, 1.54) is 32.6 Å². The number of unbranched alkanes of at least 4 members (excludes halogenated alkanes) is 6. The lowest BCUT2D eigenvalue weighted by atomic mass is 9.95. The number of hydrogen-bond donors (Lipinski definition) is 2. The Morgan fingerprint density at radius 1 is 1.08 bits per heavy atom. The van der Waals surface area contributed by atoms with Crippen LogP contribution in [0.2, 0.25) is 0 Å². The van der Waals surface area contributed by atoms with Gasteiger partial charge in [-0.2, -0.15) is 0 Å². The van der Waals surface area contributed by atoms with Crippen LogP contribution in [-0.2, 0) is 19.1 Å². The van der Waals surface area contributed by atoms with E-state index >= 15 is 0 Å². The quantitative estimate of drug-likeness (QED) is 0.217. The lowest BCUT2D eigenvalue weighted by Crippen LogP contribution is -2.36. The maximum absolute atomic E-state index is 11.7. The fraction of sp³-hybridized carbons (Fsp3) is 0.824. The molecule has 0 aliphatic carbocycles. The first-order chi connectivity index (χ1) is 11.4. The van der Waals surface area contributed by atoms with Crippen molar-refractivity contribution in [3.63, 3.8) is 0 Å². The van der Waals surface area contributed by atoms with Crippen LogP contribution in [0, 0.1) is 0 Å². The third-order valence-corrected chi connectivity index (χ3v) is 3.59. The van der Waals surface area contributed by atoms with E-state index in [9.17, 15) is 14.4 Å². The fourth-order valence-electron chi connectivity index (χ4n) is 2.07. The van der Waals surface area contributed by atoms with Gasteiger partial charge in [-0.3, -0.25) is 14.4 Å². The summed E-state index contributed by atoms with van der Waals surface area (Å²) < 4.78 is 4.68. The van der Waals surface area contributed by atoms with Crippen molar-refractivity contribution in [3.05, 3.63) is 0 Å². The predicted molar refractivity (Wildman–Crippen MR) is 92.6 cm³/mol. The summed E-state index contributed by atoms with van der Waals surface area (Å²) in [4.78, 5) is 34.6. The lowest BCUT2D eigenvalue weighted by molar-refractivity contribution is -0.149. The van der Waals surface area contributed by atoms with Crippen molar-refractivity contribution < 1.29 is 24.2 Å². The van der Waals surface area contributed by atoms with E-state index in [0.717, 1.165) is 19.3 Å². The average Bonchev–Trinajstić information content (AvgIpc) is 2.52. The van der Waals surface area contributed by atoms with E-state index in [1.54, 1.807) is 0 Å². The summed E-state index contributed by atoms with van der Waals surface area (Å²) in [6.07, 6.45) is 6.98. The standard InChI is InChI=1S/C17H30BNO5/c1-3-4-5-6-7-8-9-10-14(21)11-15(22)19-12-16(23)24-17(18)13(2)20/h13,17,20H,3-12H2,1-2H3,(H,19,22)/t13-,17-/m1/s1. The molecular formula is C17H30BNO5. The zero-order valence-corrected chi connectivity index (χ0v) is 14.9. The van der Waals surface area contributed by atoms with Crippen LogP contribution in [0.5, 0.6) is 0 Å². The number of ketones is 1. The number of carbonyl (C=O) groups excluding carboxylic acids is 3. The molecular weight excluding hydrogens is 309 g/mol. The molecule has 0 rings (SSSR count). The molecule has 24 heavy (non-hydrogen) atoms. The van der Waals surface area contributed by atoms with Crippen molar-refractivity contribution in [3.8, 4) is 0 Å². The summed E-state index contributed by atoms with van der Waals surface area (Å²) in [5, 5.41) is 11.4. The molecule has 0 spiro atoms. The molecule has 0 aromatic heterocycles. The Balaban J connectivity index is 3.68. The highest BCUT2D eigenvalue weighted by Gasteiger charge is 2.15. The lowest BCUT2D eigenvalue weighted by Gasteiger charge is -2.16. The van der Waals surface area contributed by atoms with Gasteiger partial charge in [0, 0.05) is 6.42 Å². The van der Waals surface area contributed by atoms with Gasteiger partial charge >= 0.3 is 5.97 Å². The molecule has 6 nitrogen and oxygen atoms in total. The molecule has 0 heterocycles. The third kappa shape index (κ3) is 13.1. The Morgan fingerprint density at radius 3 is 2.25 bits per heavy atom. The molecule has 0 aromatic rings. The first kappa shape index (κ1) is 22.6. The molecule has 0 unspecified atom stereocenters. The van der Waals surface area contributed by atoms with Gasteiger partial charge in [-0.1, -0.05) is 45.4 Å². The number of esters is 1. The summed E-state index contributed by atoms with van der Waals surface area (Å²) in [5.41, 5.74) is 0. The normalized spacial score (nSPS) is 13.1. The number of hydrogen-bond acceptors (Lipinski definition) is 5. The van der Waals surface area contributed by atoms with Gasteiger partial charge in [0.2, 0.25) is 5.91 Å². The molecule has 0 saturated carbocycles. The van der Waals surface area contributed by atoms with Crippen LogP contribution in [0.25, 0.3) is 0 Å². The minimum Gasteiger partial charge on any atom is -0.469 e. The molecule has 136 valence electrons. The molecule has 0 bridgehead atoms. The van der Waals surface area contributed by atoms with Gasteiger partial charge in [0.1, 0.15) is 20.2 Å². The van der Waals surface area contributed by atoms with E-state index in [1.807, 2.05) is 0 Å². The van der Waals surface area contributed by atoms with Gasteiger partial charge in [-0.25, -0.2) is 0 Å². The smallest absolute Gasteiger partial charge is 0.324 e. The largest absolute Gasteiger partial charge is 0.469 e. The molecule has 1 amide bonds. The molecule has 0 aromatic carbocycles. The van der Waals surface area contributed by atoms with E-state index in [4.69, 9.17) is 13.0 Å². The molecule has 0 fully saturated rings. The summed E-state index contributed by atoms with van der Waals surface area (Å²) in [6, 6.07) is -1.13. The maximum atomic E-state index is 11.7. The molecule has 2 radical (unpaired) electrons. The number of aliphatic hydroxyl groups is 1. The van der Waals surface area contributed by atoms with Crippen molar-refractivity contribution in [1.29, 1.82) is 0 Å². The van der Waals surface area contributed by atoms with Gasteiger partial charge in [-0.15, -0.1) is 0 Å². The van der Waals surface area contributed by atoms with Crippen LogP contribution in [0.15, 0.2) is 0 Å². The summed E-state index contributed by atoms with van der Waals surface area (Å²) in [5.74, 6) is -1.39. The van der Waals surface area contributed by atoms with Gasteiger partial charge in [0.05, 0.1) is 18.5 Å². The molecule has 7 heteroatoms. The van der Waals surface area contributed by atoms with Gasteiger partial charge in [0.15, 0.2) is 0 Å². The van der Waals surface area contributed by atoms with Crippen LogP contribution in [-0.4, -0.2) is 49.3 Å². The summed E-state index contributed by atoms with van der Waals surface area (Å²) >= 11 is 0. The van der Waals surface area contributed by atoms with Crippen LogP contribution in [0.3, 0.4) is 0 Å². The van der Waals surface area contributed by atoms with E-state index in [-0.39, 0.29) is 18.7 Å². The molecule has 2 N–H and O–H groups in total. The van der Waals surface area contributed by atoms with Crippen LogP contribution < -0.4 is 5.32 Å². The molecule has 0 aliphatic rings. The SMILES string of the molecule is [B][C@H](OC(=O)CNC(=O)CC(=O)CCCCCCCCC)[C@@H](C)O. The zero-order valence-electron chi connectivity index (χ0n) is 14.9. The van der Waals surface area contributed by atoms with Crippen molar-refractivity contribution >= 4 is 25.5 Å². The number of Topliss-reactive ketones (excluding diaryl/α,β-unsaturated/α-hetero) is 1. The van der Waals surface area contributed by atoms with E-state index < -0.39 is 24.0 Å². The summed E-state index contributed by atoms with van der Waals surface area (Å²) in [6.45, 7) is 3.19. The van der Waals surface area contributed by atoms with E-state index in [2.05, 4.69) is 17.0 Å². The molecule has 2 atom stereocenters. The monoisotopic (exact) mass is 339 g/mol.